The fourth-order valence-corrected chi connectivity index (χ4v) is 2.40. The molecule has 0 saturated carbocycles. The third-order valence-electron chi connectivity index (χ3n) is 3.58. The Bertz CT molecular complexity index is 516. The van der Waals surface area contributed by atoms with Crippen LogP contribution >= 0.6 is 0 Å². The lowest BCUT2D eigenvalue weighted by Crippen LogP contribution is -2.38. The predicted molar refractivity (Wildman–Crippen MR) is 68.3 cm³/mol. The minimum atomic E-state index is -0.443. The van der Waals surface area contributed by atoms with Crippen LogP contribution in [0.4, 0.5) is 4.39 Å². The van der Waals surface area contributed by atoms with E-state index in [2.05, 4.69) is 4.90 Å². The van der Waals surface area contributed by atoms with Crippen LogP contribution in [0.25, 0.3) is 0 Å². The number of piperidine rings is 1. The molecule has 19 heavy (non-hydrogen) atoms. The summed E-state index contributed by atoms with van der Waals surface area (Å²) in [5.74, 6) is -0.758. The predicted octanol–water partition coefficient (Wildman–Crippen LogP) is 1.39. The van der Waals surface area contributed by atoms with E-state index in [1.54, 1.807) is 12.1 Å². The molecule has 0 unspecified atom stereocenters. The number of benzene rings is 1. The van der Waals surface area contributed by atoms with Gasteiger partial charge in [-0.15, -0.1) is 0 Å². The summed E-state index contributed by atoms with van der Waals surface area (Å²) in [7, 11) is 0. The highest BCUT2D eigenvalue weighted by Crippen LogP contribution is 2.20. The van der Waals surface area contributed by atoms with Crippen LogP contribution in [-0.2, 0) is 11.3 Å². The van der Waals surface area contributed by atoms with E-state index in [4.69, 9.17) is 11.0 Å². The molecule has 1 amide bonds. The second-order valence-electron chi connectivity index (χ2n) is 4.84. The van der Waals surface area contributed by atoms with Crippen LogP contribution in [-0.4, -0.2) is 23.9 Å². The number of carbonyl (C=O) groups excluding carboxylic acids is 1. The Balaban J connectivity index is 2.00. The maximum atomic E-state index is 13.9. The smallest absolute Gasteiger partial charge is 0.220 e. The van der Waals surface area contributed by atoms with Crippen molar-refractivity contribution in [2.75, 3.05) is 13.1 Å². The van der Waals surface area contributed by atoms with Gasteiger partial charge in [-0.05, 0) is 32.0 Å². The van der Waals surface area contributed by atoms with E-state index >= 15 is 0 Å². The number of carbonyl (C=O) groups is 1. The van der Waals surface area contributed by atoms with Gasteiger partial charge < -0.3 is 5.73 Å². The Hall–Kier alpha value is -1.93. The number of primary amides is 1. The van der Waals surface area contributed by atoms with Gasteiger partial charge in [-0.3, -0.25) is 9.69 Å². The molecule has 0 radical (unpaired) electrons. The summed E-state index contributed by atoms with van der Waals surface area (Å²) < 4.78 is 13.9. The van der Waals surface area contributed by atoms with E-state index in [9.17, 15) is 9.18 Å². The summed E-state index contributed by atoms with van der Waals surface area (Å²) in [6, 6.07) is 6.69. The lowest BCUT2D eigenvalue weighted by molar-refractivity contribution is -0.123. The SMILES string of the molecule is N#Cc1cccc(CN2CCC(C(N)=O)CC2)c1F. The number of amides is 1. The topological polar surface area (TPSA) is 70.1 Å². The quantitative estimate of drug-likeness (QED) is 0.894. The normalized spacial score (nSPS) is 17.1. The molecule has 0 bridgehead atoms. The van der Waals surface area contributed by atoms with Crippen molar-refractivity contribution >= 4 is 5.91 Å². The minimum absolute atomic E-state index is 0.0634. The van der Waals surface area contributed by atoms with Crippen molar-refractivity contribution in [3.05, 3.63) is 35.1 Å². The average Bonchev–Trinajstić information content (AvgIpc) is 2.42. The molecule has 1 saturated heterocycles. The van der Waals surface area contributed by atoms with Crippen molar-refractivity contribution in [2.24, 2.45) is 11.7 Å². The monoisotopic (exact) mass is 261 g/mol. The van der Waals surface area contributed by atoms with Gasteiger partial charge >= 0.3 is 0 Å². The minimum Gasteiger partial charge on any atom is -0.369 e. The second kappa shape index (κ2) is 5.81. The summed E-state index contributed by atoms with van der Waals surface area (Å²) in [5, 5.41) is 8.79. The molecule has 1 aliphatic rings. The molecule has 0 spiro atoms. The number of nitrogens with zero attached hydrogens (tertiary/aromatic N) is 2. The zero-order valence-electron chi connectivity index (χ0n) is 10.6. The van der Waals surface area contributed by atoms with E-state index in [-0.39, 0.29) is 17.4 Å². The highest BCUT2D eigenvalue weighted by atomic mass is 19.1. The molecule has 0 atom stereocenters. The number of nitrogens with two attached hydrogens (primary N) is 1. The third kappa shape index (κ3) is 3.09. The van der Waals surface area contributed by atoms with Crippen LogP contribution < -0.4 is 5.73 Å². The molecule has 1 aromatic carbocycles. The first-order valence-corrected chi connectivity index (χ1v) is 6.31. The molecular formula is C14H16FN3O. The van der Waals surface area contributed by atoms with Gasteiger partial charge in [0.2, 0.25) is 5.91 Å². The Morgan fingerprint density at radius 1 is 1.47 bits per heavy atom. The first kappa shape index (κ1) is 13.5. The lowest BCUT2D eigenvalue weighted by Gasteiger charge is -2.30. The Kier molecular flexibility index (Phi) is 4.13. The molecule has 4 nitrogen and oxygen atoms in total. The number of hydrogen-bond donors (Lipinski definition) is 1. The van der Waals surface area contributed by atoms with Gasteiger partial charge in [0.05, 0.1) is 5.56 Å². The van der Waals surface area contributed by atoms with Gasteiger partial charge in [-0.25, -0.2) is 4.39 Å². The molecule has 1 aromatic rings. The molecule has 2 N–H and O–H groups in total. The molecule has 1 heterocycles. The van der Waals surface area contributed by atoms with Gasteiger partial charge in [-0.1, -0.05) is 12.1 Å². The molecule has 0 aromatic heterocycles. The maximum absolute atomic E-state index is 13.9. The zero-order chi connectivity index (χ0) is 13.8. The van der Waals surface area contributed by atoms with Gasteiger partial charge in [0, 0.05) is 18.0 Å². The zero-order valence-corrected chi connectivity index (χ0v) is 10.6. The van der Waals surface area contributed by atoms with E-state index < -0.39 is 5.82 Å². The largest absolute Gasteiger partial charge is 0.369 e. The van der Waals surface area contributed by atoms with Crippen molar-refractivity contribution in [2.45, 2.75) is 19.4 Å². The molecule has 100 valence electrons. The van der Waals surface area contributed by atoms with Gasteiger partial charge in [0.25, 0.3) is 0 Å². The highest BCUT2D eigenvalue weighted by Gasteiger charge is 2.23. The Morgan fingerprint density at radius 2 is 2.16 bits per heavy atom. The van der Waals surface area contributed by atoms with Crippen LogP contribution in [0.5, 0.6) is 0 Å². The number of nitriles is 1. The lowest BCUT2D eigenvalue weighted by atomic mass is 9.96. The van der Waals surface area contributed by atoms with Gasteiger partial charge in [0.1, 0.15) is 11.9 Å². The van der Waals surface area contributed by atoms with Gasteiger partial charge in [0.15, 0.2) is 0 Å². The molecule has 2 rings (SSSR count). The molecule has 5 heteroatoms. The standard InChI is InChI=1S/C14H16FN3O/c15-13-11(8-16)2-1-3-12(13)9-18-6-4-10(5-7-18)14(17)19/h1-3,10H,4-7,9H2,(H2,17,19). The highest BCUT2D eigenvalue weighted by molar-refractivity contribution is 5.76. The van der Waals surface area contributed by atoms with Crippen molar-refractivity contribution in [3.63, 3.8) is 0 Å². The summed E-state index contributed by atoms with van der Waals surface area (Å²) in [5.41, 5.74) is 5.87. The van der Waals surface area contributed by atoms with Crippen LogP contribution in [0.1, 0.15) is 24.0 Å². The van der Waals surface area contributed by atoms with Crippen LogP contribution in [0, 0.1) is 23.1 Å². The second-order valence-corrected chi connectivity index (χ2v) is 4.84. The maximum Gasteiger partial charge on any atom is 0.220 e. The van der Waals surface area contributed by atoms with Crippen LogP contribution in [0.2, 0.25) is 0 Å². The van der Waals surface area contributed by atoms with Crippen LogP contribution in [0.15, 0.2) is 18.2 Å². The number of rotatable bonds is 3. The van der Waals surface area contributed by atoms with E-state index in [0.717, 1.165) is 25.9 Å². The van der Waals surface area contributed by atoms with Gasteiger partial charge in [-0.2, -0.15) is 5.26 Å². The first-order valence-electron chi connectivity index (χ1n) is 6.31. The fourth-order valence-electron chi connectivity index (χ4n) is 2.40. The summed E-state index contributed by atoms with van der Waals surface area (Å²) in [4.78, 5) is 13.1. The van der Waals surface area contributed by atoms with Crippen molar-refractivity contribution in [1.82, 2.24) is 4.90 Å². The molecule has 1 aliphatic heterocycles. The third-order valence-corrected chi connectivity index (χ3v) is 3.58. The Morgan fingerprint density at radius 3 is 2.74 bits per heavy atom. The molecule has 0 aliphatic carbocycles. The van der Waals surface area contributed by atoms with E-state index in [1.807, 2.05) is 6.07 Å². The average molecular weight is 261 g/mol. The van der Waals surface area contributed by atoms with Crippen molar-refractivity contribution < 1.29 is 9.18 Å². The first-order chi connectivity index (χ1) is 9.11. The van der Waals surface area contributed by atoms with E-state index in [1.165, 1.54) is 6.07 Å². The van der Waals surface area contributed by atoms with Crippen molar-refractivity contribution in [1.29, 1.82) is 5.26 Å². The molecular weight excluding hydrogens is 245 g/mol. The number of hydrogen-bond acceptors (Lipinski definition) is 3. The number of likely N-dealkylation sites (tertiary alicyclic amines) is 1. The summed E-state index contributed by atoms with van der Waals surface area (Å²) in [6.45, 7) is 1.92. The fraction of sp³-hybridized carbons (Fsp3) is 0.429. The summed E-state index contributed by atoms with van der Waals surface area (Å²) in [6.07, 6.45) is 1.43. The van der Waals surface area contributed by atoms with E-state index in [0.29, 0.717) is 12.1 Å². The van der Waals surface area contributed by atoms with Crippen molar-refractivity contribution in [3.8, 4) is 6.07 Å². The van der Waals surface area contributed by atoms with Crippen LogP contribution in [0.3, 0.4) is 0 Å². The molecule has 1 fully saturated rings. The Labute approximate surface area is 111 Å². The summed E-state index contributed by atoms with van der Waals surface area (Å²) >= 11 is 0. The number of halogens is 1.